The van der Waals surface area contributed by atoms with Crippen LogP contribution in [0.15, 0.2) is 66.9 Å². The fourth-order valence-electron chi connectivity index (χ4n) is 5.97. The summed E-state index contributed by atoms with van der Waals surface area (Å²) in [6, 6.07) is 16.6. The molecule has 210 valence electrons. The van der Waals surface area contributed by atoms with Gasteiger partial charge in [-0.3, -0.25) is 9.59 Å². The number of nitrogens with one attached hydrogen (secondary N) is 2. The van der Waals surface area contributed by atoms with Crippen LogP contribution in [-0.2, 0) is 17.4 Å². The molecule has 8 heteroatoms. The Kier molecular flexibility index (Phi) is 8.24. The maximum Gasteiger partial charge on any atom is 0.416 e. The van der Waals surface area contributed by atoms with E-state index in [0.717, 1.165) is 49.8 Å². The van der Waals surface area contributed by atoms with Crippen molar-refractivity contribution in [2.24, 2.45) is 5.92 Å². The fourth-order valence-corrected chi connectivity index (χ4v) is 5.97. The van der Waals surface area contributed by atoms with Crippen LogP contribution in [0.25, 0.3) is 11.1 Å². The Morgan fingerprint density at radius 1 is 0.975 bits per heavy atom. The van der Waals surface area contributed by atoms with Gasteiger partial charge in [-0.05, 0) is 60.6 Å². The number of H-pyrrole nitrogens is 1. The highest BCUT2D eigenvalue weighted by molar-refractivity contribution is 5.91. The van der Waals surface area contributed by atoms with Crippen LogP contribution in [0.1, 0.15) is 72.1 Å². The quantitative estimate of drug-likeness (QED) is 0.406. The molecule has 1 aromatic heterocycles. The predicted molar refractivity (Wildman–Crippen MR) is 146 cm³/mol. The van der Waals surface area contributed by atoms with Crippen LogP contribution in [0.5, 0.6) is 0 Å². The number of pyridine rings is 1. The molecule has 2 unspecified atom stereocenters. The molecule has 40 heavy (non-hydrogen) atoms. The molecule has 2 atom stereocenters. The topological polar surface area (TPSA) is 63.6 Å². The van der Waals surface area contributed by atoms with Gasteiger partial charge in [0.15, 0.2) is 6.20 Å². The second-order valence-electron chi connectivity index (χ2n) is 11.0. The lowest BCUT2D eigenvalue weighted by atomic mass is 9.86. The van der Waals surface area contributed by atoms with Gasteiger partial charge in [-0.1, -0.05) is 56.2 Å². The number of benzene rings is 2. The number of aryl methyl sites for hydroxylation is 1. The van der Waals surface area contributed by atoms with E-state index in [2.05, 4.69) is 41.5 Å². The predicted octanol–water partition coefficient (Wildman–Crippen LogP) is 6.05. The first-order valence-electron chi connectivity index (χ1n) is 14.1. The van der Waals surface area contributed by atoms with Gasteiger partial charge in [0.2, 0.25) is 5.91 Å². The zero-order valence-electron chi connectivity index (χ0n) is 22.6. The first kappa shape index (κ1) is 27.9. The second kappa shape index (κ2) is 11.8. The van der Waals surface area contributed by atoms with Crippen LogP contribution in [-0.4, -0.2) is 35.8 Å². The molecular weight excluding hydrogens is 515 g/mol. The third-order valence-corrected chi connectivity index (χ3v) is 8.24. The number of hydrogen-bond acceptors (Lipinski definition) is 2. The van der Waals surface area contributed by atoms with E-state index in [1.807, 2.05) is 4.90 Å². The molecule has 2 fully saturated rings. The minimum absolute atomic E-state index is 0.0642. The third-order valence-electron chi connectivity index (χ3n) is 8.24. The van der Waals surface area contributed by atoms with Crippen LogP contribution >= 0.6 is 0 Å². The largest absolute Gasteiger partial charge is 0.416 e. The monoisotopic (exact) mass is 550 g/mol. The van der Waals surface area contributed by atoms with E-state index in [0.29, 0.717) is 36.3 Å². The van der Waals surface area contributed by atoms with Crippen molar-refractivity contribution < 1.29 is 27.7 Å². The minimum atomic E-state index is -4.43. The number of aromatic nitrogens is 1. The van der Waals surface area contributed by atoms with Crippen LogP contribution in [0.4, 0.5) is 13.2 Å². The highest BCUT2D eigenvalue weighted by Gasteiger charge is 2.36. The van der Waals surface area contributed by atoms with Gasteiger partial charge in [-0.2, -0.15) is 13.2 Å². The Balaban J connectivity index is 1.31. The Morgan fingerprint density at radius 2 is 1.73 bits per heavy atom. The van der Waals surface area contributed by atoms with Crippen molar-refractivity contribution in [3.05, 3.63) is 89.2 Å². The van der Waals surface area contributed by atoms with Crippen LogP contribution in [0.2, 0.25) is 0 Å². The Labute approximate surface area is 232 Å². The highest BCUT2D eigenvalue weighted by atomic mass is 19.4. The Morgan fingerprint density at radius 3 is 2.38 bits per heavy atom. The van der Waals surface area contributed by atoms with E-state index in [1.54, 1.807) is 24.4 Å². The molecule has 1 aliphatic carbocycles. The van der Waals surface area contributed by atoms with E-state index in [1.165, 1.54) is 11.6 Å². The SMILES string of the molecule is CCc1ccc(C2CC(NC(=O)c3ccc(-c4cccc(C(F)(F)F)c4)c[nH+]3)CN(C(=O)C3CCCC3)C2)cc1. The number of amides is 2. The molecule has 2 heterocycles. The molecule has 5 rings (SSSR count). The van der Waals surface area contributed by atoms with Gasteiger partial charge >= 0.3 is 12.1 Å². The molecule has 0 spiro atoms. The van der Waals surface area contributed by atoms with Crippen molar-refractivity contribution in [3.8, 4) is 11.1 Å². The van der Waals surface area contributed by atoms with Gasteiger partial charge in [0, 0.05) is 42.6 Å². The highest BCUT2D eigenvalue weighted by Crippen LogP contribution is 2.33. The molecule has 1 saturated heterocycles. The van der Waals surface area contributed by atoms with Crippen molar-refractivity contribution in [2.75, 3.05) is 13.1 Å². The van der Waals surface area contributed by atoms with Gasteiger partial charge in [0.1, 0.15) is 0 Å². The molecule has 2 aromatic carbocycles. The number of hydrogen-bond donors (Lipinski definition) is 1. The number of aromatic amines is 1. The molecule has 5 nitrogen and oxygen atoms in total. The van der Waals surface area contributed by atoms with Gasteiger partial charge in [0.25, 0.3) is 5.69 Å². The lowest BCUT2D eigenvalue weighted by Crippen LogP contribution is -2.53. The van der Waals surface area contributed by atoms with E-state index >= 15 is 0 Å². The number of piperidine rings is 1. The zero-order valence-corrected chi connectivity index (χ0v) is 22.6. The Hall–Kier alpha value is -3.68. The summed E-state index contributed by atoms with van der Waals surface area (Å²) in [5, 5.41) is 3.11. The lowest BCUT2D eigenvalue weighted by molar-refractivity contribution is -0.381. The minimum Gasteiger partial charge on any atom is -0.342 e. The lowest BCUT2D eigenvalue weighted by Gasteiger charge is -2.39. The van der Waals surface area contributed by atoms with E-state index in [4.69, 9.17) is 0 Å². The van der Waals surface area contributed by atoms with Crippen LogP contribution < -0.4 is 10.3 Å². The van der Waals surface area contributed by atoms with E-state index in [-0.39, 0.29) is 29.7 Å². The number of nitrogens with zero attached hydrogens (tertiary/aromatic N) is 1. The molecule has 2 N–H and O–H groups in total. The van der Waals surface area contributed by atoms with Crippen LogP contribution in [0, 0.1) is 5.92 Å². The summed E-state index contributed by atoms with van der Waals surface area (Å²) in [6.07, 6.45) is 2.80. The summed E-state index contributed by atoms with van der Waals surface area (Å²) in [5.41, 5.74) is 2.95. The standard InChI is InChI=1S/C32H34F3N3O2/c1-2-21-10-12-22(13-11-21)26-17-28(20-38(19-26)31(40)23-6-3-4-7-23)37-30(39)29-15-14-25(18-36-29)24-8-5-9-27(16-24)32(33,34)35/h5,8-16,18,23,26,28H,2-4,6-7,17,19-20H2,1H3,(H,37,39)/p+1. The van der Waals surface area contributed by atoms with E-state index in [9.17, 15) is 22.8 Å². The first-order chi connectivity index (χ1) is 19.2. The second-order valence-corrected chi connectivity index (χ2v) is 11.0. The summed E-state index contributed by atoms with van der Waals surface area (Å²) in [5.74, 6) is 0.0522. The number of carbonyl (C=O) groups excluding carboxylic acids is 2. The van der Waals surface area contributed by atoms with Crippen molar-refractivity contribution in [1.82, 2.24) is 10.2 Å². The molecule has 2 aliphatic rings. The summed E-state index contributed by atoms with van der Waals surface area (Å²) in [4.78, 5) is 31.5. The smallest absolute Gasteiger partial charge is 0.342 e. The molecule has 1 aliphatic heterocycles. The average Bonchev–Trinajstić information content (AvgIpc) is 3.51. The van der Waals surface area contributed by atoms with Crippen molar-refractivity contribution in [1.29, 1.82) is 0 Å². The molecule has 2 amide bonds. The number of rotatable bonds is 6. The van der Waals surface area contributed by atoms with Gasteiger partial charge in [-0.15, -0.1) is 0 Å². The summed E-state index contributed by atoms with van der Waals surface area (Å²) >= 11 is 0. The molecule has 0 bridgehead atoms. The van der Waals surface area contributed by atoms with Crippen molar-refractivity contribution >= 4 is 11.8 Å². The van der Waals surface area contributed by atoms with Gasteiger partial charge in [-0.25, -0.2) is 4.98 Å². The van der Waals surface area contributed by atoms with Gasteiger partial charge in [0.05, 0.1) is 5.56 Å². The zero-order chi connectivity index (χ0) is 28.3. The molecule has 0 radical (unpaired) electrons. The van der Waals surface area contributed by atoms with E-state index < -0.39 is 11.7 Å². The third kappa shape index (κ3) is 6.37. The molecule has 1 saturated carbocycles. The van der Waals surface area contributed by atoms with Crippen molar-refractivity contribution in [3.63, 3.8) is 0 Å². The van der Waals surface area contributed by atoms with Crippen molar-refractivity contribution in [2.45, 2.75) is 63.6 Å². The summed E-state index contributed by atoms with van der Waals surface area (Å²) in [7, 11) is 0. The number of likely N-dealkylation sites (tertiary alicyclic amines) is 1. The number of halogens is 3. The van der Waals surface area contributed by atoms with Crippen LogP contribution in [0.3, 0.4) is 0 Å². The molecular formula is C32H35F3N3O2+. The molecule has 3 aromatic rings. The summed E-state index contributed by atoms with van der Waals surface area (Å²) < 4.78 is 39.4. The maximum absolute atomic E-state index is 13.4. The number of carbonyl (C=O) groups is 2. The summed E-state index contributed by atoms with van der Waals surface area (Å²) in [6.45, 7) is 3.23. The normalized spacial score (nSPS) is 19.9. The fraction of sp³-hybridized carbons (Fsp3) is 0.406. The van der Waals surface area contributed by atoms with Gasteiger partial charge < -0.3 is 10.2 Å². The Bertz CT molecular complexity index is 1330. The maximum atomic E-state index is 13.4. The first-order valence-corrected chi connectivity index (χ1v) is 14.1. The average molecular weight is 551 g/mol. The number of alkyl halides is 3.